The summed E-state index contributed by atoms with van der Waals surface area (Å²) >= 11 is 0. The number of allylic oxidation sites excluding steroid dienone is 1. The molecule has 10 heteroatoms. The minimum absolute atomic E-state index is 0.0365. The number of carbonyl (C=O) groups is 1. The number of aromatic nitrogens is 2. The lowest BCUT2D eigenvalue weighted by molar-refractivity contribution is 0.100. The molecule has 9 nitrogen and oxygen atoms in total. The topological polar surface area (TPSA) is 143 Å². The molecule has 2 heterocycles. The van der Waals surface area contributed by atoms with Crippen molar-refractivity contribution in [1.82, 2.24) is 15.3 Å². The van der Waals surface area contributed by atoms with Crippen LogP contribution in [0.1, 0.15) is 36.0 Å². The van der Waals surface area contributed by atoms with Crippen molar-refractivity contribution in [3.05, 3.63) is 48.1 Å². The molecule has 1 fully saturated rings. The third kappa shape index (κ3) is 5.76. The molecule has 2 aromatic heterocycles. The number of halogens is 1. The van der Waals surface area contributed by atoms with Gasteiger partial charge in [-0.15, -0.1) is 0 Å². The normalized spacial score (nSPS) is 19.0. The summed E-state index contributed by atoms with van der Waals surface area (Å²) in [5.74, 6) is -0.715. The molecule has 0 unspecified atom stereocenters. The van der Waals surface area contributed by atoms with E-state index in [0.29, 0.717) is 11.5 Å². The second-order valence-electron chi connectivity index (χ2n) is 7.20. The average molecular weight is 427 g/mol. The van der Waals surface area contributed by atoms with E-state index in [4.69, 9.17) is 11.5 Å². The number of aliphatic imine (C=N–C) groups is 1. The predicted molar refractivity (Wildman–Crippen MR) is 120 cm³/mol. The molecule has 0 aliphatic heterocycles. The molecule has 0 radical (unpaired) electrons. The van der Waals surface area contributed by atoms with Crippen LogP contribution < -0.4 is 27.4 Å². The van der Waals surface area contributed by atoms with Crippen molar-refractivity contribution in [3.8, 4) is 0 Å². The number of nitrogens with zero attached hydrogens (tertiary/aromatic N) is 3. The maximum atomic E-state index is 14.7. The molecule has 31 heavy (non-hydrogen) atoms. The molecule has 0 aromatic carbocycles. The Morgan fingerprint density at radius 3 is 2.68 bits per heavy atom. The molecule has 7 N–H and O–H groups in total. The van der Waals surface area contributed by atoms with Gasteiger partial charge in [0.1, 0.15) is 5.82 Å². The number of anilines is 3. The molecule has 1 aliphatic carbocycles. The van der Waals surface area contributed by atoms with E-state index in [1.165, 1.54) is 18.6 Å². The van der Waals surface area contributed by atoms with Crippen molar-refractivity contribution in [2.75, 3.05) is 17.7 Å². The number of hydrogen-bond acceptors (Lipinski definition) is 8. The van der Waals surface area contributed by atoms with E-state index in [-0.39, 0.29) is 29.3 Å². The molecule has 0 bridgehead atoms. The third-order valence-electron chi connectivity index (χ3n) is 5.11. The van der Waals surface area contributed by atoms with E-state index in [2.05, 4.69) is 30.9 Å². The molecule has 164 valence electrons. The zero-order valence-electron chi connectivity index (χ0n) is 17.3. The summed E-state index contributed by atoms with van der Waals surface area (Å²) < 4.78 is 14.7. The van der Waals surface area contributed by atoms with Crippen LogP contribution in [0.15, 0.2) is 41.7 Å². The largest absolute Gasteiger partial charge is 0.405 e. The fourth-order valence-corrected chi connectivity index (χ4v) is 3.54. The first-order valence-corrected chi connectivity index (χ1v) is 10.1. The van der Waals surface area contributed by atoms with Gasteiger partial charge in [0.25, 0.3) is 5.91 Å². The van der Waals surface area contributed by atoms with E-state index in [1.54, 1.807) is 18.2 Å². The van der Waals surface area contributed by atoms with E-state index in [1.807, 2.05) is 7.05 Å². The van der Waals surface area contributed by atoms with Gasteiger partial charge in [-0.25, -0.2) is 19.4 Å². The van der Waals surface area contributed by atoms with Crippen LogP contribution in [-0.4, -0.2) is 41.2 Å². The summed E-state index contributed by atoms with van der Waals surface area (Å²) in [6, 6.07) is 4.74. The Morgan fingerprint density at radius 2 is 2.03 bits per heavy atom. The number of nitrogens with two attached hydrogens (primary N) is 2. The van der Waals surface area contributed by atoms with Crippen LogP contribution in [0.25, 0.3) is 0 Å². The van der Waals surface area contributed by atoms with Gasteiger partial charge < -0.3 is 27.4 Å². The number of rotatable bonds is 8. The Labute approximate surface area is 180 Å². The predicted octanol–water partition coefficient (Wildman–Crippen LogP) is 2.58. The Bertz CT molecular complexity index is 961. The van der Waals surface area contributed by atoms with Gasteiger partial charge >= 0.3 is 0 Å². The summed E-state index contributed by atoms with van der Waals surface area (Å²) in [5.41, 5.74) is 11.2. The summed E-state index contributed by atoms with van der Waals surface area (Å²) in [7, 11) is 1.89. The number of likely N-dealkylation sites (N-methyl/N-ethyl adjacent to an activating group) is 1. The second-order valence-corrected chi connectivity index (χ2v) is 7.20. The maximum Gasteiger partial charge on any atom is 0.252 e. The first-order valence-electron chi connectivity index (χ1n) is 10.1. The van der Waals surface area contributed by atoms with Crippen LogP contribution in [-0.2, 0) is 0 Å². The van der Waals surface area contributed by atoms with Gasteiger partial charge in [-0.2, -0.15) is 0 Å². The summed E-state index contributed by atoms with van der Waals surface area (Å²) in [6.07, 6.45) is 10.1. The first kappa shape index (κ1) is 22.2. The molecular formula is C21H27FN8O. The first-order chi connectivity index (χ1) is 15.0. The average Bonchev–Trinajstić information content (AvgIpc) is 2.77. The van der Waals surface area contributed by atoms with Gasteiger partial charge in [0, 0.05) is 18.3 Å². The fraction of sp³-hybridized carbons (Fsp3) is 0.333. The third-order valence-corrected chi connectivity index (χ3v) is 5.11. The summed E-state index contributed by atoms with van der Waals surface area (Å²) in [6.45, 7) is 0. The van der Waals surface area contributed by atoms with E-state index in [0.717, 1.165) is 31.7 Å². The number of nitrogens with one attached hydrogen (secondary N) is 3. The molecule has 2 aromatic rings. The number of pyridine rings is 2. The lowest BCUT2D eigenvalue weighted by atomic mass is 9.90. The van der Waals surface area contributed by atoms with Crippen LogP contribution >= 0.6 is 0 Å². The number of hydrogen-bond donors (Lipinski definition) is 5. The Kier molecular flexibility index (Phi) is 7.50. The molecule has 1 amide bonds. The van der Waals surface area contributed by atoms with Gasteiger partial charge in [-0.3, -0.25) is 4.79 Å². The van der Waals surface area contributed by atoms with Gasteiger partial charge in [0.05, 0.1) is 17.4 Å². The molecule has 0 saturated heterocycles. The van der Waals surface area contributed by atoms with Gasteiger partial charge in [-0.05, 0) is 50.4 Å². The van der Waals surface area contributed by atoms with E-state index < -0.39 is 11.7 Å². The molecular weight excluding hydrogens is 399 g/mol. The van der Waals surface area contributed by atoms with E-state index >= 15 is 0 Å². The van der Waals surface area contributed by atoms with Crippen molar-refractivity contribution in [1.29, 1.82) is 0 Å². The van der Waals surface area contributed by atoms with Crippen LogP contribution in [0, 0.1) is 5.82 Å². The minimum Gasteiger partial charge on any atom is -0.405 e. The van der Waals surface area contributed by atoms with Gasteiger partial charge in [-0.1, -0.05) is 12.8 Å². The SMILES string of the molecule is CN[C@H]1CCCC[C@H]1Nc1nc(Nc2ccc(N=CC=CN)nc2)c(C(N)=O)cc1F. The zero-order valence-corrected chi connectivity index (χ0v) is 17.3. The number of amides is 1. The monoisotopic (exact) mass is 426 g/mol. The molecule has 1 aliphatic rings. The molecule has 0 spiro atoms. The zero-order chi connectivity index (χ0) is 22.2. The van der Waals surface area contributed by atoms with Crippen molar-refractivity contribution in [3.63, 3.8) is 0 Å². The smallest absolute Gasteiger partial charge is 0.252 e. The molecule has 3 rings (SSSR count). The Hall–Kier alpha value is -3.53. The van der Waals surface area contributed by atoms with Gasteiger partial charge in [0.2, 0.25) is 0 Å². The van der Waals surface area contributed by atoms with E-state index in [9.17, 15) is 9.18 Å². The summed E-state index contributed by atoms with van der Waals surface area (Å²) in [4.78, 5) is 24.5. The maximum absolute atomic E-state index is 14.7. The Balaban J connectivity index is 1.84. The highest BCUT2D eigenvalue weighted by Gasteiger charge is 2.26. The van der Waals surface area contributed by atoms with Crippen molar-refractivity contribution < 1.29 is 9.18 Å². The lowest BCUT2D eigenvalue weighted by Crippen LogP contribution is -2.45. The molecule has 1 saturated carbocycles. The molecule has 2 atom stereocenters. The van der Waals surface area contributed by atoms with Crippen molar-refractivity contribution in [2.45, 2.75) is 37.8 Å². The highest BCUT2D eigenvalue weighted by atomic mass is 19.1. The number of primary amides is 1. The summed E-state index contributed by atoms with van der Waals surface area (Å²) in [5, 5.41) is 9.45. The standard InChI is InChI=1S/C21H27FN8O/c1-25-16-5-2-3-6-17(16)29-21-15(22)11-14(19(24)31)20(30-21)28-13-7-8-18(27-12-13)26-10-4-9-23/h4,7-12,16-17,25H,2-3,5-6,23H2,1H3,(H2,24,31)(H2,28,29,30)/t16-,17+/m0/s1. The highest BCUT2D eigenvalue weighted by molar-refractivity contribution is 5.98. The lowest BCUT2D eigenvalue weighted by Gasteiger charge is -2.32. The second kappa shape index (κ2) is 10.5. The highest BCUT2D eigenvalue weighted by Crippen LogP contribution is 2.27. The number of carbonyl (C=O) groups excluding carboxylic acids is 1. The van der Waals surface area contributed by atoms with Gasteiger partial charge in [0.15, 0.2) is 17.5 Å². The van der Waals surface area contributed by atoms with Crippen LogP contribution in [0.3, 0.4) is 0 Å². The minimum atomic E-state index is -0.783. The van der Waals surface area contributed by atoms with Crippen molar-refractivity contribution in [2.24, 2.45) is 16.5 Å². The Morgan fingerprint density at radius 1 is 1.26 bits per heavy atom. The van der Waals surface area contributed by atoms with Crippen LogP contribution in [0.2, 0.25) is 0 Å². The fourth-order valence-electron chi connectivity index (χ4n) is 3.54. The quantitative estimate of drug-likeness (QED) is 0.408. The van der Waals surface area contributed by atoms with Crippen molar-refractivity contribution >= 4 is 35.3 Å². The van der Waals surface area contributed by atoms with Crippen LogP contribution in [0.4, 0.5) is 27.5 Å². The van der Waals surface area contributed by atoms with Crippen LogP contribution in [0.5, 0.6) is 0 Å².